The number of fused-ring (bicyclic) bond motifs is 1. The van der Waals surface area contributed by atoms with E-state index in [4.69, 9.17) is 0 Å². The highest BCUT2D eigenvalue weighted by Gasteiger charge is 2.09. The van der Waals surface area contributed by atoms with Gasteiger partial charge in [-0.1, -0.05) is 6.92 Å². The van der Waals surface area contributed by atoms with E-state index in [1.54, 1.807) is 0 Å². The van der Waals surface area contributed by atoms with E-state index in [2.05, 4.69) is 28.6 Å². The normalized spacial score (nSPS) is 13.5. The van der Waals surface area contributed by atoms with Crippen molar-refractivity contribution in [3.8, 4) is 0 Å². The molecule has 11 heavy (non-hydrogen) atoms. The average Bonchev–Trinajstić information content (AvgIpc) is 2.50. The van der Waals surface area contributed by atoms with Gasteiger partial charge in [0.15, 0.2) is 5.82 Å². The molecule has 0 saturated carbocycles. The maximum Gasteiger partial charge on any atom is 0.150 e. The Hall–Kier alpha value is -1.25. The van der Waals surface area contributed by atoms with Gasteiger partial charge in [-0.05, 0) is 18.1 Å². The van der Waals surface area contributed by atoms with Gasteiger partial charge in [0.05, 0.1) is 12.4 Å². The summed E-state index contributed by atoms with van der Waals surface area (Å²) < 4.78 is 0. The van der Waals surface area contributed by atoms with Crippen molar-refractivity contribution in [3.05, 3.63) is 17.8 Å². The largest absolute Gasteiger partial charge is 0.365 e. The molecule has 0 bridgehead atoms. The van der Waals surface area contributed by atoms with Crippen molar-refractivity contribution >= 4 is 11.5 Å². The molecule has 2 heterocycles. The first kappa shape index (κ1) is 6.46. The fourth-order valence-electron chi connectivity index (χ4n) is 1.20. The minimum absolute atomic E-state index is 0.801. The Kier molecular flexibility index (Phi) is 1.42. The predicted molar refractivity (Wildman–Crippen MR) is 45.7 cm³/mol. The summed E-state index contributed by atoms with van der Waals surface area (Å²) in [7, 11) is 0. The first-order chi connectivity index (χ1) is 5.40. The second kappa shape index (κ2) is 2.42. The molecule has 0 radical (unpaired) electrons. The van der Waals surface area contributed by atoms with Crippen LogP contribution in [0.1, 0.15) is 12.5 Å². The van der Waals surface area contributed by atoms with Crippen LogP contribution in [-0.4, -0.2) is 11.7 Å². The van der Waals surface area contributed by atoms with Gasteiger partial charge in [0.1, 0.15) is 0 Å². The Balaban J connectivity index is 2.41. The smallest absolute Gasteiger partial charge is 0.150 e. The summed E-state index contributed by atoms with van der Waals surface area (Å²) in [5.41, 5.74) is 2.41. The molecule has 58 valence electrons. The predicted octanol–water partition coefficient (Wildman–Crippen LogP) is 1.44. The summed E-state index contributed by atoms with van der Waals surface area (Å²) in [6, 6.07) is 2.14. The van der Waals surface area contributed by atoms with Gasteiger partial charge in [-0.3, -0.25) is 0 Å². The lowest BCUT2D eigenvalue weighted by Gasteiger charge is -1.99. The Morgan fingerprint density at radius 2 is 2.45 bits per heavy atom. The van der Waals surface area contributed by atoms with Gasteiger partial charge < -0.3 is 10.6 Å². The molecule has 0 amide bonds. The average molecular weight is 149 g/mol. The molecular weight excluding hydrogens is 138 g/mol. The molecule has 0 spiro atoms. The molecule has 2 N–H and O–H groups in total. The molecule has 0 aromatic carbocycles. The zero-order valence-corrected chi connectivity index (χ0v) is 6.52. The van der Waals surface area contributed by atoms with Crippen molar-refractivity contribution in [2.45, 2.75) is 13.3 Å². The number of aromatic nitrogens is 1. The summed E-state index contributed by atoms with van der Waals surface area (Å²) in [5.74, 6) is 0.974. The van der Waals surface area contributed by atoms with Crippen molar-refractivity contribution in [1.82, 2.24) is 4.98 Å². The molecule has 1 aliphatic heterocycles. The molecule has 1 aliphatic rings. The minimum atomic E-state index is 0.801. The van der Waals surface area contributed by atoms with Crippen LogP contribution < -0.4 is 10.6 Å². The van der Waals surface area contributed by atoms with Crippen LogP contribution in [0.25, 0.3) is 0 Å². The van der Waals surface area contributed by atoms with E-state index in [-0.39, 0.29) is 0 Å². The van der Waals surface area contributed by atoms with E-state index in [1.165, 1.54) is 5.56 Å². The molecule has 1 aromatic heterocycles. The topological polar surface area (TPSA) is 37.0 Å². The molecule has 2 rings (SSSR count). The maximum absolute atomic E-state index is 4.26. The van der Waals surface area contributed by atoms with Crippen molar-refractivity contribution in [2.75, 3.05) is 17.3 Å². The molecule has 0 unspecified atom stereocenters. The number of anilines is 2. The van der Waals surface area contributed by atoms with E-state index in [0.717, 1.165) is 24.6 Å². The second-order valence-electron chi connectivity index (χ2n) is 2.62. The third-order valence-corrected chi connectivity index (χ3v) is 1.89. The summed E-state index contributed by atoms with van der Waals surface area (Å²) in [4.78, 5) is 4.26. The van der Waals surface area contributed by atoms with Gasteiger partial charge in [0.2, 0.25) is 0 Å². The molecule has 0 atom stereocenters. The van der Waals surface area contributed by atoms with Crippen LogP contribution in [0.2, 0.25) is 0 Å². The van der Waals surface area contributed by atoms with Crippen LogP contribution in [0.15, 0.2) is 12.3 Å². The van der Waals surface area contributed by atoms with E-state index < -0.39 is 0 Å². The number of hydrogen-bond acceptors (Lipinski definition) is 3. The molecule has 3 heteroatoms. The van der Waals surface area contributed by atoms with Crippen molar-refractivity contribution in [2.24, 2.45) is 0 Å². The first-order valence-corrected chi connectivity index (χ1v) is 3.87. The standard InChI is InChI=1S/C8H11N3/c1-2-6-3-7-8(9-4-6)11-5-10-7/h3-4,10H,2,5H2,1H3,(H,9,11). The molecule has 1 aromatic rings. The van der Waals surface area contributed by atoms with Crippen molar-refractivity contribution < 1.29 is 0 Å². The first-order valence-electron chi connectivity index (χ1n) is 3.87. The fraction of sp³-hybridized carbons (Fsp3) is 0.375. The summed E-state index contributed by atoms with van der Waals surface area (Å²) in [5, 5.41) is 6.33. The third kappa shape index (κ3) is 1.02. The van der Waals surface area contributed by atoms with Gasteiger partial charge in [0, 0.05) is 6.20 Å². The number of hydrogen-bond donors (Lipinski definition) is 2. The summed E-state index contributed by atoms with van der Waals surface area (Å²) in [6.07, 6.45) is 2.96. The number of nitrogens with zero attached hydrogens (tertiary/aromatic N) is 1. The minimum Gasteiger partial charge on any atom is -0.365 e. The molecule has 0 aliphatic carbocycles. The third-order valence-electron chi connectivity index (χ3n) is 1.89. The zero-order chi connectivity index (χ0) is 7.68. The number of aryl methyl sites for hydroxylation is 1. The quantitative estimate of drug-likeness (QED) is 0.634. The highest BCUT2D eigenvalue weighted by atomic mass is 15.2. The van der Waals surface area contributed by atoms with Crippen LogP contribution >= 0.6 is 0 Å². The van der Waals surface area contributed by atoms with Crippen LogP contribution in [0.3, 0.4) is 0 Å². The van der Waals surface area contributed by atoms with E-state index in [0.29, 0.717) is 0 Å². The van der Waals surface area contributed by atoms with E-state index in [1.807, 2.05) is 6.20 Å². The highest BCUT2D eigenvalue weighted by Crippen LogP contribution is 2.23. The maximum atomic E-state index is 4.26. The highest BCUT2D eigenvalue weighted by molar-refractivity contribution is 5.69. The van der Waals surface area contributed by atoms with Crippen molar-refractivity contribution in [3.63, 3.8) is 0 Å². The molecular formula is C8H11N3. The Morgan fingerprint density at radius 3 is 3.27 bits per heavy atom. The fourth-order valence-corrected chi connectivity index (χ4v) is 1.20. The van der Waals surface area contributed by atoms with E-state index >= 15 is 0 Å². The Bertz CT molecular complexity index is 270. The Morgan fingerprint density at radius 1 is 1.55 bits per heavy atom. The van der Waals surface area contributed by atoms with Crippen LogP contribution in [0, 0.1) is 0 Å². The van der Waals surface area contributed by atoms with Crippen molar-refractivity contribution in [1.29, 1.82) is 0 Å². The lowest BCUT2D eigenvalue weighted by atomic mass is 10.2. The molecule has 0 fully saturated rings. The summed E-state index contributed by atoms with van der Waals surface area (Å²) in [6.45, 7) is 2.93. The SMILES string of the molecule is CCc1cnc2c(c1)NCN2. The van der Waals surface area contributed by atoms with Gasteiger partial charge in [-0.2, -0.15) is 0 Å². The number of nitrogens with one attached hydrogen (secondary N) is 2. The van der Waals surface area contributed by atoms with Gasteiger partial charge in [-0.25, -0.2) is 4.98 Å². The Labute approximate surface area is 65.8 Å². The number of rotatable bonds is 1. The zero-order valence-electron chi connectivity index (χ0n) is 6.52. The van der Waals surface area contributed by atoms with Gasteiger partial charge in [0.25, 0.3) is 0 Å². The van der Waals surface area contributed by atoms with Crippen LogP contribution in [-0.2, 0) is 6.42 Å². The summed E-state index contributed by atoms with van der Waals surface area (Å²) >= 11 is 0. The van der Waals surface area contributed by atoms with Gasteiger partial charge in [-0.15, -0.1) is 0 Å². The van der Waals surface area contributed by atoms with Crippen LogP contribution in [0.5, 0.6) is 0 Å². The lowest BCUT2D eigenvalue weighted by Crippen LogP contribution is -1.99. The monoisotopic (exact) mass is 149 g/mol. The van der Waals surface area contributed by atoms with Gasteiger partial charge >= 0.3 is 0 Å². The van der Waals surface area contributed by atoms with Crippen LogP contribution in [0.4, 0.5) is 11.5 Å². The molecule has 3 nitrogen and oxygen atoms in total. The molecule has 0 saturated heterocycles. The lowest BCUT2D eigenvalue weighted by molar-refractivity contribution is 1.11. The number of pyridine rings is 1. The second-order valence-corrected chi connectivity index (χ2v) is 2.62. The van der Waals surface area contributed by atoms with E-state index in [9.17, 15) is 0 Å².